The first-order chi connectivity index (χ1) is 11.9. The molecule has 1 aliphatic heterocycles. The molecule has 25 heavy (non-hydrogen) atoms. The molecular formula is C19H15ClFNOS2. The maximum Gasteiger partial charge on any atom is 0.270 e. The van der Waals surface area contributed by atoms with Crippen molar-refractivity contribution >= 4 is 57.6 Å². The number of hydrogen-bond donors (Lipinski definition) is 0. The van der Waals surface area contributed by atoms with E-state index in [1.165, 1.54) is 40.4 Å². The van der Waals surface area contributed by atoms with Gasteiger partial charge in [0.05, 0.1) is 15.6 Å². The Balaban J connectivity index is 1.88. The second-order valence-electron chi connectivity index (χ2n) is 5.94. The van der Waals surface area contributed by atoms with Gasteiger partial charge in [0.2, 0.25) is 0 Å². The minimum Gasteiger partial charge on any atom is -0.268 e. The Morgan fingerprint density at radius 3 is 2.48 bits per heavy atom. The van der Waals surface area contributed by atoms with Crippen molar-refractivity contribution in [2.45, 2.75) is 19.8 Å². The molecule has 3 rings (SSSR count). The largest absolute Gasteiger partial charge is 0.270 e. The van der Waals surface area contributed by atoms with Gasteiger partial charge < -0.3 is 0 Å². The van der Waals surface area contributed by atoms with Gasteiger partial charge in [0, 0.05) is 0 Å². The molecule has 0 aliphatic carbocycles. The number of carbonyl (C=O) groups is 1. The van der Waals surface area contributed by atoms with Crippen LogP contribution in [0.25, 0.3) is 6.08 Å². The smallest absolute Gasteiger partial charge is 0.268 e. The fourth-order valence-corrected chi connectivity index (χ4v) is 3.92. The summed E-state index contributed by atoms with van der Waals surface area (Å²) in [6.07, 6.45) is 1.81. The molecule has 0 atom stereocenters. The summed E-state index contributed by atoms with van der Waals surface area (Å²) < 4.78 is 13.7. The second kappa shape index (κ2) is 7.28. The SMILES string of the molecule is CC(C)c1ccc(/C=C2/SC(=S)N(c3ccc(F)c(Cl)c3)C2=O)cc1. The third kappa shape index (κ3) is 3.78. The number of carbonyl (C=O) groups excluding carboxylic acids is 1. The summed E-state index contributed by atoms with van der Waals surface area (Å²) in [6, 6.07) is 12.2. The van der Waals surface area contributed by atoms with E-state index < -0.39 is 5.82 Å². The molecular weight excluding hydrogens is 377 g/mol. The molecule has 1 heterocycles. The first-order valence-electron chi connectivity index (χ1n) is 7.70. The van der Waals surface area contributed by atoms with E-state index in [2.05, 4.69) is 26.0 Å². The molecule has 2 aromatic carbocycles. The summed E-state index contributed by atoms with van der Waals surface area (Å²) in [6.45, 7) is 4.27. The Labute approximate surface area is 160 Å². The molecule has 0 bridgehead atoms. The molecule has 0 spiro atoms. The normalized spacial score (nSPS) is 16.4. The van der Waals surface area contributed by atoms with Crippen molar-refractivity contribution in [2.24, 2.45) is 0 Å². The molecule has 2 aromatic rings. The van der Waals surface area contributed by atoms with Crippen LogP contribution in [0.15, 0.2) is 47.4 Å². The van der Waals surface area contributed by atoms with E-state index in [1.807, 2.05) is 18.2 Å². The van der Waals surface area contributed by atoms with Crippen LogP contribution in [0.5, 0.6) is 0 Å². The Kier molecular flexibility index (Phi) is 5.27. The number of hydrogen-bond acceptors (Lipinski definition) is 3. The van der Waals surface area contributed by atoms with E-state index in [4.69, 9.17) is 23.8 Å². The predicted molar refractivity (Wildman–Crippen MR) is 108 cm³/mol. The van der Waals surface area contributed by atoms with Gasteiger partial charge in [-0.25, -0.2) is 4.39 Å². The molecule has 1 amide bonds. The van der Waals surface area contributed by atoms with Crippen molar-refractivity contribution < 1.29 is 9.18 Å². The van der Waals surface area contributed by atoms with Crippen LogP contribution in [0, 0.1) is 5.82 Å². The first kappa shape index (κ1) is 18.1. The fourth-order valence-electron chi connectivity index (χ4n) is 2.44. The van der Waals surface area contributed by atoms with E-state index in [0.29, 0.717) is 20.8 Å². The van der Waals surface area contributed by atoms with E-state index in [9.17, 15) is 9.18 Å². The molecule has 0 unspecified atom stereocenters. The van der Waals surface area contributed by atoms with Gasteiger partial charge in [0.1, 0.15) is 5.82 Å². The summed E-state index contributed by atoms with van der Waals surface area (Å²) >= 11 is 12.4. The van der Waals surface area contributed by atoms with E-state index in [0.717, 1.165) is 5.56 Å². The highest BCUT2D eigenvalue weighted by Crippen LogP contribution is 2.37. The molecule has 1 saturated heterocycles. The zero-order chi connectivity index (χ0) is 18.1. The minimum atomic E-state index is -0.531. The first-order valence-corrected chi connectivity index (χ1v) is 9.30. The standard InChI is InChI=1S/C19H15ClFNOS2/c1-11(2)13-5-3-12(4-6-13)9-17-18(23)22(19(24)25-17)14-7-8-16(21)15(20)10-14/h3-11H,1-2H3/b17-9+. The highest BCUT2D eigenvalue weighted by Gasteiger charge is 2.33. The highest BCUT2D eigenvalue weighted by atomic mass is 35.5. The van der Waals surface area contributed by atoms with E-state index in [-0.39, 0.29) is 10.9 Å². The van der Waals surface area contributed by atoms with Crippen molar-refractivity contribution in [3.63, 3.8) is 0 Å². The topological polar surface area (TPSA) is 20.3 Å². The molecule has 128 valence electrons. The highest BCUT2D eigenvalue weighted by molar-refractivity contribution is 8.27. The molecule has 6 heteroatoms. The Hall–Kier alpha value is -1.69. The number of thiocarbonyl (C=S) groups is 1. The lowest BCUT2D eigenvalue weighted by Crippen LogP contribution is -2.27. The van der Waals surface area contributed by atoms with Crippen molar-refractivity contribution in [1.29, 1.82) is 0 Å². The lowest BCUT2D eigenvalue weighted by Gasteiger charge is -2.14. The Morgan fingerprint density at radius 1 is 1.20 bits per heavy atom. The predicted octanol–water partition coefficient (Wildman–Crippen LogP) is 6.01. The van der Waals surface area contributed by atoms with Crippen molar-refractivity contribution in [2.75, 3.05) is 4.90 Å². The molecule has 0 N–H and O–H groups in total. The summed E-state index contributed by atoms with van der Waals surface area (Å²) in [5.41, 5.74) is 2.64. The molecule has 1 aliphatic rings. The summed E-state index contributed by atoms with van der Waals surface area (Å²) in [5.74, 6) is -0.308. The maximum absolute atomic E-state index is 13.3. The number of benzene rings is 2. The third-order valence-electron chi connectivity index (χ3n) is 3.86. The number of thioether (sulfide) groups is 1. The lowest BCUT2D eigenvalue weighted by atomic mass is 10.0. The average molecular weight is 392 g/mol. The van der Waals surface area contributed by atoms with Crippen LogP contribution >= 0.6 is 35.6 Å². The Morgan fingerprint density at radius 2 is 1.88 bits per heavy atom. The van der Waals surface area contributed by atoms with Gasteiger partial charge in [-0.15, -0.1) is 0 Å². The van der Waals surface area contributed by atoms with Crippen molar-refractivity contribution in [3.05, 3.63) is 69.3 Å². The summed E-state index contributed by atoms with van der Waals surface area (Å²) in [4.78, 5) is 14.6. The Bertz CT molecular complexity index is 877. The van der Waals surface area contributed by atoms with Gasteiger partial charge in [0.25, 0.3) is 5.91 Å². The second-order valence-corrected chi connectivity index (χ2v) is 8.02. The molecule has 0 aromatic heterocycles. The van der Waals surface area contributed by atoms with Gasteiger partial charge in [-0.1, -0.05) is 73.7 Å². The van der Waals surface area contributed by atoms with Crippen LogP contribution in [0.3, 0.4) is 0 Å². The molecule has 2 nitrogen and oxygen atoms in total. The monoisotopic (exact) mass is 391 g/mol. The average Bonchev–Trinajstić information content (AvgIpc) is 2.85. The molecule has 1 fully saturated rings. The minimum absolute atomic E-state index is 0.0418. The zero-order valence-corrected chi connectivity index (χ0v) is 16.0. The van der Waals surface area contributed by atoms with Gasteiger partial charge in [0.15, 0.2) is 4.32 Å². The van der Waals surface area contributed by atoms with E-state index in [1.54, 1.807) is 0 Å². The number of amides is 1. The van der Waals surface area contributed by atoms with E-state index >= 15 is 0 Å². The number of rotatable bonds is 3. The van der Waals surface area contributed by atoms with Crippen LogP contribution in [0.2, 0.25) is 5.02 Å². The van der Waals surface area contributed by atoms with Gasteiger partial charge in [-0.3, -0.25) is 9.69 Å². The quantitative estimate of drug-likeness (QED) is 0.472. The molecule has 0 saturated carbocycles. The van der Waals surface area contributed by atoms with Crippen LogP contribution in [-0.2, 0) is 4.79 Å². The zero-order valence-electron chi connectivity index (χ0n) is 13.6. The number of anilines is 1. The van der Waals surface area contributed by atoms with Crippen LogP contribution in [0.4, 0.5) is 10.1 Å². The number of halogens is 2. The van der Waals surface area contributed by atoms with Gasteiger partial charge in [-0.05, 0) is 41.3 Å². The summed E-state index contributed by atoms with van der Waals surface area (Å²) in [7, 11) is 0. The van der Waals surface area contributed by atoms with Gasteiger partial charge >= 0.3 is 0 Å². The van der Waals surface area contributed by atoms with Crippen LogP contribution in [-0.4, -0.2) is 10.2 Å². The van der Waals surface area contributed by atoms with Crippen molar-refractivity contribution in [1.82, 2.24) is 0 Å². The lowest BCUT2D eigenvalue weighted by molar-refractivity contribution is -0.113. The third-order valence-corrected chi connectivity index (χ3v) is 5.45. The van der Waals surface area contributed by atoms with Gasteiger partial charge in [-0.2, -0.15) is 0 Å². The van der Waals surface area contributed by atoms with Crippen LogP contribution in [0.1, 0.15) is 30.9 Å². The van der Waals surface area contributed by atoms with Crippen LogP contribution < -0.4 is 4.90 Å². The summed E-state index contributed by atoms with van der Waals surface area (Å²) in [5, 5.41) is -0.0418. The molecule has 0 radical (unpaired) electrons. The maximum atomic E-state index is 13.3. The fraction of sp³-hybridized carbons (Fsp3) is 0.158. The number of nitrogens with zero attached hydrogens (tertiary/aromatic N) is 1. The van der Waals surface area contributed by atoms with Crippen molar-refractivity contribution in [3.8, 4) is 0 Å².